The smallest absolute Gasteiger partial charge is 0.378 e. The second-order valence-corrected chi connectivity index (χ2v) is 8.67. The van der Waals surface area contributed by atoms with Crippen LogP contribution in [0.5, 0.6) is 0 Å². The maximum Gasteiger partial charge on any atom is 0.416 e. The predicted molar refractivity (Wildman–Crippen MR) is 119 cm³/mol. The summed E-state index contributed by atoms with van der Waals surface area (Å²) in [5.41, 5.74) is 1.96. The number of aryl methyl sites for hydroxylation is 2. The van der Waals surface area contributed by atoms with Crippen LogP contribution in [0.2, 0.25) is 10.0 Å². The van der Waals surface area contributed by atoms with Crippen molar-refractivity contribution in [2.45, 2.75) is 19.5 Å². The first-order chi connectivity index (χ1) is 15.1. The maximum absolute atomic E-state index is 13.3. The highest BCUT2D eigenvalue weighted by Crippen LogP contribution is 2.36. The van der Waals surface area contributed by atoms with Crippen LogP contribution in [0.1, 0.15) is 32.7 Å². The van der Waals surface area contributed by atoms with Crippen LogP contribution in [-0.4, -0.2) is 41.7 Å². The Bertz CT molecular complexity index is 1200. The molecule has 0 spiro atoms. The van der Waals surface area contributed by atoms with Crippen molar-refractivity contribution in [2.75, 3.05) is 26.3 Å². The van der Waals surface area contributed by atoms with Gasteiger partial charge in [0, 0.05) is 48.2 Å². The molecule has 3 aromatic rings. The van der Waals surface area contributed by atoms with Gasteiger partial charge in [-0.05, 0) is 48.4 Å². The molecule has 0 unspecified atom stereocenters. The van der Waals surface area contributed by atoms with Gasteiger partial charge in [0.05, 0.1) is 29.4 Å². The molecule has 1 aliphatic heterocycles. The zero-order valence-electron chi connectivity index (χ0n) is 17.5. The first-order valence-electron chi connectivity index (χ1n) is 10.1. The van der Waals surface area contributed by atoms with Gasteiger partial charge in [-0.25, -0.2) is 0 Å². The predicted octanol–water partition coefficient (Wildman–Crippen LogP) is 5.88. The van der Waals surface area contributed by atoms with Gasteiger partial charge in [-0.15, -0.1) is 0 Å². The molecule has 1 fully saturated rings. The summed E-state index contributed by atoms with van der Waals surface area (Å²) in [6, 6.07) is 7.37. The van der Waals surface area contributed by atoms with Crippen LogP contribution >= 0.6 is 23.2 Å². The number of fused-ring (bicyclic) bond motifs is 1. The lowest BCUT2D eigenvalue weighted by Gasteiger charge is -2.27. The molecule has 0 N–H and O–H groups in total. The second-order valence-electron chi connectivity index (χ2n) is 7.89. The third-order valence-electron chi connectivity index (χ3n) is 5.87. The van der Waals surface area contributed by atoms with Gasteiger partial charge in [0.2, 0.25) is 0 Å². The Hall–Kier alpha value is -2.22. The van der Waals surface area contributed by atoms with E-state index in [2.05, 4.69) is 0 Å². The molecule has 1 amide bonds. The van der Waals surface area contributed by atoms with Crippen molar-refractivity contribution in [3.05, 3.63) is 68.3 Å². The lowest BCUT2D eigenvalue weighted by molar-refractivity contribution is -0.137. The SMILES string of the molecule is Cc1cc(C(F)(F)F)cc2c1cc(Cc1c(Cl)ccc(C(=O)N3CCOCC3)c1Cl)n2C. The fourth-order valence-corrected chi connectivity index (χ4v) is 4.62. The third kappa shape index (κ3) is 4.21. The number of nitrogens with zero attached hydrogens (tertiary/aromatic N) is 2. The lowest BCUT2D eigenvalue weighted by Crippen LogP contribution is -2.40. The van der Waals surface area contributed by atoms with E-state index in [-0.39, 0.29) is 17.4 Å². The zero-order chi connectivity index (χ0) is 23.2. The highest BCUT2D eigenvalue weighted by Gasteiger charge is 2.31. The number of rotatable bonds is 3. The number of carbonyl (C=O) groups is 1. The van der Waals surface area contributed by atoms with Gasteiger partial charge in [0.15, 0.2) is 0 Å². The molecule has 9 heteroatoms. The largest absolute Gasteiger partial charge is 0.416 e. The number of halogens is 5. The van der Waals surface area contributed by atoms with E-state index in [4.69, 9.17) is 27.9 Å². The second kappa shape index (κ2) is 8.61. The molecule has 0 atom stereocenters. The summed E-state index contributed by atoms with van der Waals surface area (Å²) in [5.74, 6) is -0.195. The normalized spacial score (nSPS) is 14.9. The third-order valence-corrected chi connectivity index (χ3v) is 6.65. The standard InChI is InChI=1S/C23H21Cl2F3N2O2/c1-13-9-14(23(26,27)28)10-20-17(13)11-15(29(20)2)12-18-19(24)4-3-16(21(18)25)22(31)30-5-7-32-8-6-30/h3-4,9-11H,5-8,12H2,1-2H3. The molecule has 0 bridgehead atoms. The van der Waals surface area contributed by atoms with E-state index >= 15 is 0 Å². The van der Waals surface area contributed by atoms with Crippen molar-refractivity contribution in [3.63, 3.8) is 0 Å². The van der Waals surface area contributed by atoms with Crippen LogP contribution in [0.3, 0.4) is 0 Å². The summed E-state index contributed by atoms with van der Waals surface area (Å²) in [5, 5.41) is 1.38. The topological polar surface area (TPSA) is 34.5 Å². The van der Waals surface area contributed by atoms with E-state index in [0.717, 1.165) is 23.2 Å². The minimum atomic E-state index is -4.43. The average Bonchev–Trinajstić information content (AvgIpc) is 3.07. The van der Waals surface area contributed by atoms with Crippen LogP contribution in [0.25, 0.3) is 10.9 Å². The van der Waals surface area contributed by atoms with Gasteiger partial charge in [0.1, 0.15) is 0 Å². The highest BCUT2D eigenvalue weighted by atomic mass is 35.5. The Morgan fingerprint density at radius 2 is 1.81 bits per heavy atom. The molecule has 4 rings (SSSR count). The zero-order valence-corrected chi connectivity index (χ0v) is 19.0. The van der Waals surface area contributed by atoms with Crippen molar-refractivity contribution < 1.29 is 22.7 Å². The number of carbonyl (C=O) groups excluding carboxylic acids is 1. The number of ether oxygens (including phenoxy) is 1. The minimum Gasteiger partial charge on any atom is -0.378 e. The van der Waals surface area contributed by atoms with Crippen molar-refractivity contribution in [1.29, 1.82) is 0 Å². The van der Waals surface area contributed by atoms with E-state index in [1.54, 1.807) is 35.6 Å². The average molecular weight is 485 g/mol. The Balaban J connectivity index is 1.73. The Morgan fingerprint density at radius 1 is 1.12 bits per heavy atom. The number of alkyl halides is 3. The molecule has 0 radical (unpaired) electrons. The van der Waals surface area contributed by atoms with E-state index in [0.29, 0.717) is 53.5 Å². The number of aromatic nitrogens is 1. The van der Waals surface area contributed by atoms with Crippen LogP contribution in [0, 0.1) is 6.92 Å². The summed E-state index contributed by atoms with van der Waals surface area (Å²) in [7, 11) is 1.71. The summed E-state index contributed by atoms with van der Waals surface area (Å²) in [4.78, 5) is 14.6. The number of morpholine rings is 1. The van der Waals surface area contributed by atoms with E-state index in [1.807, 2.05) is 6.07 Å². The molecular weight excluding hydrogens is 464 g/mol. The van der Waals surface area contributed by atoms with Crippen LogP contribution in [0.15, 0.2) is 30.3 Å². The van der Waals surface area contributed by atoms with Gasteiger partial charge in [-0.2, -0.15) is 13.2 Å². The number of amides is 1. The Kier molecular flexibility index (Phi) is 6.18. The quantitative estimate of drug-likeness (QED) is 0.465. The van der Waals surface area contributed by atoms with Crippen LogP contribution in [-0.2, 0) is 24.4 Å². The molecule has 2 aromatic carbocycles. The van der Waals surface area contributed by atoms with Crippen LogP contribution < -0.4 is 0 Å². The molecule has 170 valence electrons. The van der Waals surface area contributed by atoms with E-state index in [1.165, 1.54) is 0 Å². The number of hydrogen-bond donors (Lipinski definition) is 0. The number of hydrogen-bond acceptors (Lipinski definition) is 2. The molecule has 0 saturated carbocycles. The molecule has 0 aliphatic carbocycles. The van der Waals surface area contributed by atoms with Crippen molar-refractivity contribution in [3.8, 4) is 0 Å². The first-order valence-corrected chi connectivity index (χ1v) is 10.8. The summed E-state index contributed by atoms with van der Waals surface area (Å²) >= 11 is 13.0. The molecule has 32 heavy (non-hydrogen) atoms. The summed E-state index contributed by atoms with van der Waals surface area (Å²) in [6.45, 7) is 3.56. The maximum atomic E-state index is 13.3. The summed E-state index contributed by atoms with van der Waals surface area (Å²) in [6.07, 6.45) is -4.15. The lowest BCUT2D eigenvalue weighted by atomic mass is 10.0. The van der Waals surface area contributed by atoms with Crippen molar-refractivity contribution >= 4 is 40.0 Å². The monoisotopic (exact) mass is 484 g/mol. The molecule has 4 nitrogen and oxygen atoms in total. The van der Waals surface area contributed by atoms with Gasteiger partial charge in [0.25, 0.3) is 5.91 Å². The summed E-state index contributed by atoms with van der Waals surface area (Å²) < 4.78 is 46.8. The van der Waals surface area contributed by atoms with E-state index < -0.39 is 11.7 Å². The molecule has 2 heterocycles. The molecule has 1 aliphatic rings. The fourth-order valence-electron chi connectivity index (χ4n) is 4.04. The minimum absolute atomic E-state index is 0.195. The van der Waals surface area contributed by atoms with Crippen LogP contribution in [0.4, 0.5) is 13.2 Å². The van der Waals surface area contributed by atoms with Crippen molar-refractivity contribution in [2.24, 2.45) is 7.05 Å². The van der Waals surface area contributed by atoms with Crippen molar-refractivity contribution in [1.82, 2.24) is 9.47 Å². The van der Waals surface area contributed by atoms with Gasteiger partial charge in [-0.3, -0.25) is 4.79 Å². The molecule has 1 saturated heterocycles. The van der Waals surface area contributed by atoms with Gasteiger partial charge >= 0.3 is 6.18 Å². The Labute approximate surface area is 193 Å². The first kappa shape index (κ1) is 23.0. The molecular formula is C23H21Cl2F3N2O2. The van der Waals surface area contributed by atoms with Gasteiger partial charge < -0.3 is 14.2 Å². The Morgan fingerprint density at radius 3 is 2.47 bits per heavy atom. The number of benzene rings is 2. The van der Waals surface area contributed by atoms with Gasteiger partial charge in [-0.1, -0.05) is 23.2 Å². The fraction of sp³-hybridized carbons (Fsp3) is 0.348. The van der Waals surface area contributed by atoms with E-state index in [9.17, 15) is 18.0 Å². The highest BCUT2D eigenvalue weighted by molar-refractivity contribution is 6.38. The molecule has 1 aromatic heterocycles.